The molecule has 0 N–H and O–H groups in total. The zero-order valence-electron chi connectivity index (χ0n) is 9.88. The molecule has 1 aromatic carbocycles. The molecule has 86 valence electrons. The van der Waals surface area contributed by atoms with Gasteiger partial charge in [-0.3, -0.25) is 4.98 Å². The summed E-state index contributed by atoms with van der Waals surface area (Å²) in [5.41, 5.74) is 4.86. The Hall–Kier alpha value is -2.35. The van der Waals surface area contributed by atoms with Crippen molar-refractivity contribution in [2.24, 2.45) is 0 Å². The van der Waals surface area contributed by atoms with Gasteiger partial charge in [-0.1, -0.05) is 24.3 Å². The molecule has 0 atom stereocenters. The van der Waals surface area contributed by atoms with Gasteiger partial charge in [-0.15, -0.1) is 0 Å². The summed E-state index contributed by atoms with van der Waals surface area (Å²) in [6.07, 6.45) is 7.09. The molecule has 0 radical (unpaired) electrons. The predicted octanol–water partition coefficient (Wildman–Crippen LogP) is 3.73. The van der Waals surface area contributed by atoms with E-state index in [1.54, 1.807) is 0 Å². The fourth-order valence-electron chi connectivity index (χ4n) is 2.65. The van der Waals surface area contributed by atoms with Gasteiger partial charge >= 0.3 is 0 Å². The first-order chi connectivity index (χ1) is 8.93. The zero-order chi connectivity index (χ0) is 11.9. The quantitative estimate of drug-likeness (QED) is 0.577. The molecule has 0 amide bonds. The molecule has 0 fully saturated rings. The van der Waals surface area contributed by atoms with E-state index in [4.69, 9.17) is 0 Å². The van der Waals surface area contributed by atoms with Gasteiger partial charge in [0.25, 0.3) is 0 Å². The molecule has 1 aliphatic heterocycles. The standard InChI is InChI=1S/C16H12N2/c1-2-8-15-12(5-1)11-16-13-6-3-9-17-14(13)7-4-10-18(15)16/h1-6,8-11H,7H2. The second-order valence-corrected chi connectivity index (χ2v) is 4.54. The van der Waals surface area contributed by atoms with Crippen LogP contribution in [-0.2, 0) is 6.42 Å². The molecular formula is C16H12N2. The maximum Gasteiger partial charge on any atom is 0.0553 e. The SMILES string of the molecule is C1=Cn2c(cc3ccccc32)-c2cccnc2C1. The van der Waals surface area contributed by atoms with Crippen LogP contribution in [-0.4, -0.2) is 9.55 Å². The van der Waals surface area contributed by atoms with Gasteiger partial charge in [-0.2, -0.15) is 0 Å². The van der Waals surface area contributed by atoms with E-state index in [1.165, 1.54) is 22.2 Å². The highest BCUT2D eigenvalue weighted by molar-refractivity contribution is 5.90. The molecule has 4 rings (SSSR count). The number of para-hydroxylation sites is 1. The normalized spacial score (nSPS) is 13.1. The van der Waals surface area contributed by atoms with Crippen molar-refractivity contribution in [3.63, 3.8) is 0 Å². The Balaban J connectivity index is 2.14. The zero-order valence-corrected chi connectivity index (χ0v) is 9.88. The lowest BCUT2D eigenvalue weighted by Gasteiger charge is -2.05. The van der Waals surface area contributed by atoms with E-state index in [9.17, 15) is 0 Å². The molecule has 3 aromatic rings. The molecule has 2 nitrogen and oxygen atoms in total. The van der Waals surface area contributed by atoms with Crippen LogP contribution in [0.3, 0.4) is 0 Å². The monoisotopic (exact) mass is 232 g/mol. The smallest absolute Gasteiger partial charge is 0.0553 e. The van der Waals surface area contributed by atoms with Crippen molar-refractivity contribution in [3.8, 4) is 11.3 Å². The fourth-order valence-corrected chi connectivity index (χ4v) is 2.65. The summed E-state index contributed by atoms with van der Waals surface area (Å²) in [5.74, 6) is 0. The lowest BCUT2D eigenvalue weighted by atomic mass is 10.1. The summed E-state index contributed by atoms with van der Waals surface area (Å²) in [6.45, 7) is 0. The Kier molecular flexibility index (Phi) is 1.92. The minimum Gasteiger partial charge on any atom is -0.316 e. The second kappa shape index (κ2) is 3.57. The number of hydrogen-bond donors (Lipinski definition) is 0. The van der Waals surface area contributed by atoms with E-state index in [0.29, 0.717) is 0 Å². The van der Waals surface area contributed by atoms with E-state index in [2.05, 4.69) is 58.2 Å². The summed E-state index contributed by atoms with van der Waals surface area (Å²) in [4.78, 5) is 4.48. The minimum atomic E-state index is 0.895. The molecule has 2 heteroatoms. The number of benzene rings is 1. The van der Waals surface area contributed by atoms with Crippen LogP contribution >= 0.6 is 0 Å². The molecule has 1 aliphatic rings. The van der Waals surface area contributed by atoms with Gasteiger partial charge in [0.1, 0.15) is 0 Å². The van der Waals surface area contributed by atoms with Crippen LogP contribution in [0.25, 0.3) is 28.4 Å². The summed E-state index contributed by atoms with van der Waals surface area (Å²) in [5, 5.41) is 1.27. The van der Waals surface area contributed by atoms with Crippen LogP contribution in [0.1, 0.15) is 5.69 Å². The molecule has 0 spiro atoms. The van der Waals surface area contributed by atoms with E-state index < -0.39 is 0 Å². The number of rotatable bonds is 0. The molecule has 0 bridgehead atoms. The lowest BCUT2D eigenvalue weighted by Crippen LogP contribution is -1.92. The number of hydrogen-bond acceptors (Lipinski definition) is 1. The van der Waals surface area contributed by atoms with Gasteiger partial charge < -0.3 is 4.57 Å². The average molecular weight is 232 g/mol. The van der Waals surface area contributed by atoms with Gasteiger partial charge in [0, 0.05) is 29.8 Å². The summed E-state index contributed by atoms with van der Waals surface area (Å²) < 4.78 is 2.25. The van der Waals surface area contributed by atoms with Crippen molar-refractivity contribution < 1.29 is 0 Å². The number of fused-ring (bicyclic) bond motifs is 5. The number of aromatic nitrogens is 2. The van der Waals surface area contributed by atoms with E-state index in [1.807, 2.05) is 12.3 Å². The van der Waals surface area contributed by atoms with E-state index in [0.717, 1.165) is 12.1 Å². The second-order valence-electron chi connectivity index (χ2n) is 4.54. The Morgan fingerprint density at radius 3 is 3.00 bits per heavy atom. The molecule has 18 heavy (non-hydrogen) atoms. The van der Waals surface area contributed by atoms with Crippen LogP contribution < -0.4 is 0 Å². The van der Waals surface area contributed by atoms with Crippen LogP contribution in [0.2, 0.25) is 0 Å². The highest BCUT2D eigenvalue weighted by atomic mass is 15.0. The predicted molar refractivity (Wildman–Crippen MR) is 74.2 cm³/mol. The summed E-state index contributed by atoms with van der Waals surface area (Å²) >= 11 is 0. The Bertz CT molecular complexity index is 766. The minimum absolute atomic E-state index is 0.895. The Morgan fingerprint density at radius 1 is 1.06 bits per heavy atom. The fraction of sp³-hybridized carbons (Fsp3) is 0.0625. The largest absolute Gasteiger partial charge is 0.316 e. The number of allylic oxidation sites excluding steroid dienone is 1. The average Bonchev–Trinajstić information content (AvgIpc) is 2.69. The van der Waals surface area contributed by atoms with Crippen molar-refractivity contribution in [1.82, 2.24) is 9.55 Å². The number of nitrogens with zero attached hydrogens (tertiary/aromatic N) is 2. The summed E-state index contributed by atoms with van der Waals surface area (Å²) in [7, 11) is 0. The number of pyridine rings is 1. The lowest BCUT2D eigenvalue weighted by molar-refractivity contribution is 1.12. The van der Waals surface area contributed by atoms with Crippen LogP contribution in [0.4, 0.5) is 0 Å². The van der Waals surface area contributed by atoms with Crippen molar-refractivity contribution in [1.29, 1.82) is 0 Å². The molecule has 0 aliphatic carbocycles. The van der Waals surface area contributed by atoms with Crippen molar-refractivity contribution in [2.75, 3.05) is 0 Å². The third-order valence-corrected chi connectivity index (χ3v) is 3.48. The molecule has 0 saturated carbocycles. The van der Waals surface area contributed by atoms with Crippen molar-refractivity contribution in [3.05, 3.63) is 60.4 Å². The summed E-state index contributed by atoms with van der Waals surface area (Å²) in [6, 6.07) is 14.9. The molecule has 0 unspecified atom stereocenters. The van der Waals surface area contributed by atoms with Crippen LogP contribution in [0.15, 0.2) is 54.7 Å². The highest BCUT2D eigenvalue weighted by Gasteiger charge is 2.14. The van der Waals surface area contributed by atoms with Gasteiger partial charge in [-0.25, -0.2) is 0 Å². The van der Waals surface area contributed by atoms with Gasteiger partial charge in [-0.05, 0) is 24.3 Å². The first-order valence-corrected chi connectivity index (χ1v) is 6.14. The van der Waals surface area contributed by atoms with E-state index >= 15 is 0 Å². The first-order valence-electron chi connectivity index (χ1n) is 6.14. The molecule has 0 saturated heterocycles. The molecule has 2 aromatic heterocycles. The van der Waals surface area contributed by atoms with Crippen LogP contribution in [0.5, 0.6) is 0 Å². The van der Waals surface area contributed by atoms with E-state index in [-0.39, 0.29) is 0 Å². The van der Waals surface area contributed by atoms with Gasteiger partial charge in [0.15, 0.2) is 0 Å². The maximum absolute atomic E-state index is 4.48. The molecule has 3 heterocycles. The third-order valence-electron chi connectivity index (χ3n) is 3.48. The third kappa shape index (κ3) is 1.26. The maximum atomic E-state index is 4.48. The van der Waals surface area contributed by atoms with Crippen molar-refractivity contribution >= 4 is 17.1 Å². The van der Waals surface area contributed by atoms with Gasteiger partial charge in [0.05, 0.1) is 16.9 Å². The first kappa shape index (κ1) is 9.66. The molecular weight excluding hydrogens is 220 g/mol. The Morgan fingerprint density at radius 2 is 2.00 bits per heavy atom. The Labute approximate surface area is 105 Å². The van der Waals surface area contributed by atoms with Gasteiger partial charge in [0.2, 0.25) is 0 Å². The van der Waals surface area contributed by atoms with Crippen molar-refractivity contribution in [2.45, 2.75) is 6.42 Å². The van der Waals surface area contributed by atoms with Crippen LogP contribution in [0, 0.1) is 0 Å². The topological polar surface area (TPSA) is 17.8 Å². The highest BCUT2D eigenvalue weighted by Crippen LogP contribution is 2.32.